The largest absolute Gasteiger partial charge is 0.361 e. The van der Waals surface area contributed by atoms with E-state index in [0.29, 0.717) is 17.9 Å². The van der Waals surface area contributed by atoms with E-state index in [1.165, 1.54) is 12.1 Å². The molecule has 0 unspecified atom stereocenters. The van der Waals surface area contributed by atoms with Gasteiger partial charge in [-0.05, 0) is 52.0 Å². The number of sulfone groups is 1. The minimum Gasteiger partial charge on any atom is -0.361 e. The second-order valence-electron chi connectivity index (χ2n) is 6.08. The van der Waals surface area contributed by atoms with Gasteiger partial charge in [-0.15, -0.1) is 0 Å². The van der Waals surface area contributed by atoms with Crippen LogP contribution in [-0.2, 0) is 16.4 Å². The Balaban J connectivity index is 2.18. The molecule has 0 fully saturated rings. The summed E-state index contributed by atoms with van der Waals surface area (Å²) >= 11 is 0. The summed E-state index contributed by atoms with van der Waals surface area (Å²) in [5.41, 5.74) is 2.07. The van der Waals surface area contributed by atoms with Gasteiger partial charge in [0.25, 0.3) is 5.91 Å². The molecule has 0 bridgehead atoms. The lowest BCUT2D eigenvalue weighted by Crippen LogP contribution is -2.26. The maximum Gasteiger partial charge on any atom is 0.253 e. The zero-order valence-corrected chi connectivity index (χ0v) is 15.3. The van der Waals surface area contributed by atoms with Crippen molar-refractivity contribution >= 4 is 15.7 Å². The molecule has 1 heterocycles. The number of aromatic nitrogens is 1. The molecule has 0 radical (unpaired) electrons. The second-order valence-corrected chi connectivity index (χ2v) is 8.59. The van der Waals surface area contributed by atoms with Gasteiger partial charge in [0.2, 0.25) is 0 Å². The number of hydrogen-bond acceptors (Lipinski definition) is 5. The first-order valence-corrected chi connectivity index (χ1v) is 9.20. The number of carbonyl (C=O) groups excluding carboxylic acids is 1. The van der Waals surface area contributed by atoms with Crippen LogP contribution < -0.4 is 0 Å². The zero-order valence-electron chi connectivity index (χ0n) is 14.5. The van der Waals surface area contributed by atoms with Crippen LogP contribution in [0, 0.1) is 13.8 Å². The lowest BCUT2D eigenvalue weighted by atomic mass is 10.1. The van der Waals surface area contributed by atoms with E-state index in [0.717, 1.165) is 11.3 Å². The van der Waals surface area contributed by atoms with Crippen LogP contribution in [0.1, 0.15) is 41.2 Å². The molecule has 0 aliphatic carbocycles. The molecule has 24 heavy (non-hydrogen) atoms. The van der Waals surface area contributed by atoms with Crippen molar-refractivity contribution in [3.8, 4) is 0 Å². The molecule has 0 atom stereocenters. The molecular weight excluding hydrogens is 328 g/mol. The Morgan fingerprint density at radius 3 is 2.25 bits per heavy atom. The first kappa shape index (κ1) is 18.2. The summed E-state index contributed by atoms with van der Waals surface area (Å²) in [7, 11) is -1.65. The maximum absolute atomic E-state index is 12.5. The van der Waals surface area contributed by atoms with Gasteiger partial charge < -0.3 is 9.42 Å². The van der Waals surface area contributed by atoms with E-state index in [-0.39, 0.29) is 10.8 Å². The number of amides is 1. The number of carbonyl (C=O) groups is 1. The lowest BCUT2D eigenvalue weighted by molar-refractivity contribution is 0.0784. The molecule has 0 saturated carbocycles. The SMILES string of the molecule is Cc1noc(C)c1CN(C)C(=O)c1ccc(S(=O)(=O)C(C)C)cc1. The summed E-state index contributed by atoms with van der Waals surface area (Å²) < 4.78 is 29.3. The van der Waals surface area contributed by atoms with Crippen LogP contribution >= 0.6 is 0 Å². The highest BCUT2D eigenvalue weighted by Crippen LogP contribution is 2.19. The van der Waals surface area contributed by atoms with Crippen LogP contribution in [0.3, 0.4) is 0 Å². The summed E-state index contributed by atoms with van der Waals surface area (Å²) in [6, 6.07) is 6.04. The monoisotopic (exact) mass is 350 g/mol. The Labute approximate surface area is 142 Å². The Morgan fingerprint density at radius 1 is 1.21 bits per heavy atom. The first-order valence-electron chi connectivity index (χ1n) is 7.65. The van der Waals surface area contributed by atoms with Crippen molar-refractivity contribution in [1.29, 1.82) is 0 Å². The molecule has 1 amide bonds. The fraction of sp³-hybridized carbons (Fsp3) is 0.412. The van der Waals surface area contributed by atoms with Crippen LogP contribution in [0.15, 0.2) is 33.7 Å². The molecule has 0 aliphatic rings. The highest BCUT2D eigenvalue weighted by atomic mass is 32.2. The van der Waals surface area contributed by atoms with E-state index in [9.17, 15) is 13.2 Å². The van der Waals surface area contributed by atoms with Crippen molar-refractivity contribution in [2.24, 2.45) is 0 Å². The van der Waals surface area contributed by atoms with Crippen molar-refractivity contribution in [2.45, 2.75) is 44.4 Å². The van der Waals surface area contributed by atoms with E-state index in [1.807, 2.05) is 6.92 Å². The van der Waals surface area contributed by atoms with Gasteiger partial charge in [0.1, 0.15) is 5.76 Å². The topological polar surface area (TPSA) is 80.5 Å². The number of benzene rings is 1. The van der Waals surface area contributed by atoms with Gasteiger partial charge in [-0.2, -0.15) is 0 Å². The molecule has 6 nitrogen and oxygen atoms in total. The minimum absolute atomic E-state index is 0.191. The third-order valence-electron chi connectivity index (χ3n) is 3.97. The Kier molecular flexibility index (Phi) is 5.13. The van der Waals surface area contributed by atoms with Gasteiger partial charge in [0.05, 0.1) is 22.4 Å². The normalized spacial score (nSPS) is 11.8. The molecule has 130 valence electrons. The fourth-order valence-corrected chi connectivity index (χ4v) is 3.38. The quantitative estimate of drug-likeness (QED) is 0.828. The molecule has 2 aromatic rings. The summed E-state index contributed by atoms with van der Waals surface area (Å²) in [6.07, 6.45) is 0. The Morgan fingerprint density at radius 2 is 1.79 bits per heavy atom. The van der Waals surface area contributed by atoms with Gasteiger partial charge in [0, 0.05) is 18.2 Å². The van der Waals surface area contributed by atoms with Crippen molar-refractivity contribution in [3.63, 3.8) is 0 Å². The van der Waals surface area contributed by atoms with Crippen LogP contribution in [0.5, 0.6) is 0 Å². The van der Waals surface area contributed by atoms with Crippen LogP contribution in [0.2, 0.25) is 0 Å². The van der Waals surface area contributed by atoms with Gasteiger partial charge in [-0.1, -0.05) is 5.16 Å². The second kappa shape index (κ2) is 6.76. The van der Waals surface area contributed by atoms with Crippen LogP contribution in [0.25, 0.3) is 0 Å². The number of aryl methyl sites for hydroxylation is 2. The molecule has 0 aliphatic heterocycles. The van der Waals surface area contributed by atoms with Crippen LogP contribution in [0.4, 0.5) is 0 Å². The first-order chi connectivity index (χ1) is 11.1. The van der Waals surface area contributed by atoms with E-state index >= 15 is 0 Å². The van der Waals surface area contributed by atoms with Crippen molar-refractivity contribution in [1.82, 2.24) is 10.1 Å². The lowest BCUT2D eigenvalue weighted by Gasteiger charge is -2.17. The maximum atomic E-state index is 12.5. The van der Waals surface area contributed by atoms with E-state index in [4.69, 9.17) is 4.52 Å². The smallest absolute Gasteiger partial charge is 0.253 e. The molecule has 0 saturated heterocycles. The molecule has 2 rings (SSSR count). The number of hydrogen-bond donors (Lipinski definition) is 0. The van der Waals surface area contributed by atoms with E-state index in [1.54, 1.807) is 44.9 Å². The van der Waals surface area contributed by atoms with Gasteiger partial charge in [-0.25, -0.2) is 8.42 Å². The highest BCUT2D eigenvalue weighted by molar-refractivity contribution is 7.92. The molecule has 7 heteroatoms. The van der Waals surface area contributed by atoms with Crippen molar-refractivity contribution in [3.05, 3.63) is 46.8 Å². The van der Waals surface area contributed by atoms with Gasteiger partial charge >= 0.3 is 0 Å². The fourth-order valence-electron chi connectivity index (χ4n) is 2.32. The Bertz CT molecular complexity index is 816. The summed E-state index contributed by atoms with van der Waals surface area (Å²) in [5.74, 6) is 0.494. The summed E-state index contributed by atoms with van der Waals surface area (Å²) in [6.45, 7) is 7.28. The molecule has 1 aromatic carbocycles. The molecule has 1 aromatic heterocycles. The van der Waals surface area contributed by atoms with Crippen molar-refractivity contribution < 1.29 is 17.7 Å². The average molecular weight is 350 g/mol. The number of rotatable bonds is 5. The number of nitrogens with zero attached hydrogens (tertiary/aromatic N) is 2. The minimum atomic E-state index is -3.34. The molecule has 0 spiro atoms. The molecule has 0 N–H and O–H groups in total. The van der Waals surface area contributed by atoms with E-state index in [2.05, 4.69) is 5.16 Å². The predicted octanol–water partition coefficient (Wildman–Crippen LogP) is 2.75. The standard InChI is InChI=1S/C17H22N2O4S/c1-11(2)24(21,22)15-8-6-14(7-9-15)17(20)19(5)10-16-12(3)18-23-13(16)4/h6-9,11H,10H2,1-5H3. The highest BCUT2D eigenvalue weighted by Gasteiger charge is 2.21. The zero-order chi connectivity index (χ0) is 18.1. The third-order valence-corrected chi connectivity index (χ3v) is 6.14. The van der Waals surface area contributed by atoms with Gasteiger partial charge in [-0.3, -0.25) is 4.79 Å². The van der Waals surface area contributed by atoms with Crippen LogP contribution in [-0.4, -0.2) is 36.7 Å². The summed E-state index contributed by atoms with van der Waals surface area (Å²) in [4.78, 5) is 14.3. The average Bonchev–Trinajstić information content (AvgIpc) is 2.86. The summed E-state index contributed by atoms with van der Waals surface area (Å²) in [5, 5.41) is 3.38. The van der Waals surface area contributed by atoms with Crippen molar-refractivity contribution in [2.75, 3.05) is 7.05 Å². The third kappa shape index (κ3) is 3.51. The van der Waals surface area contributed by atoms with Gasteiger partial charge in [0.15, 0.2) is 9.84 Å². The van der Waals surface area contributed by atoms with E-state index < -0.39 is 15.1 Å². The predicted molar refractivity (Wildman–Crippen MR) is 90.5 cm³/mol. The Hall–Kier alpha value is -2.15. The molecular formula is C17H22N2O4S.